The zero-order valence-corrected chi connectivity index (χ0v) is 13.0. The summed E-state index contributed by atoms with van der Waals surface area (Å²) in [6.45, 7) is 2.61. The van der Waals surface area contributed by atoms with Crippen LogP contribution in [-0.4, -0.2) is 20.5 Å². The number of carbonyl (C=O) groups is 1. The number of carbonyl (C=O) groups excluding carboxylic acids is 1. The summed E-state index contributed by atoms with van der Waals surface area (Å²) in [5.74, 6) is 1.20. The minimum atomic E-state index is -0.187. The Balaban J connectivity index is 1.62. The van der Waals surface area contributed by atoms with E-state index >= 15 is 0 Å². The van der Waals surface area contributed by atoms with Crippen LogP contribution in [-0.2, 0) is 19.4 Å². The van der Waals surface area contributed by atoms with Crippen LogP contribution in [0, 0.1) is 5.92 Å². The van der Waals surface area contributed by atoms with E-state index in [0.717, 1.165) is 19.3 Å². The molecule has 118 valence electrons. The van der Waals surface area contributed by atoms with E-state index in [1.54, 1.807) is 18.5 Å². The highest BCUT2D eigenvalue weighted by Gasteiger charge is 2.22. The van der Waals surface area contributed by atoms with Crippen LogP contribution in [0.4, 0.5) is 0 Å². The van der Waals surface area contributed by atoms with Crippen LogP contribution in [0.2, 0.25) is 0 Å². The van der Waals surface area contributed by atoms with Crippen LogP contribution >= 0.6 is 0 Å². The molecular weight excluding hydrogens is 292 g/mol. The van der Waals surface area contributed by atoms with E-state index in [2.05, 4.69) is 22.3 Å². The molecule has 6 nitrogen and oxygen atoms in total. The Hall–Kier alpha value is -2.63. The maximum absolute atomic E-state index is 12.4. The molecular formula is C17H18N4O2. The molecule has 3 aromatic heterocycles. The van der Waals surface area contributed by atoms with Gasteiger partial charge in [0.1, 0.15) is 11.3 Å². The summed E-state index contributed by atoms with van der Waals surface area (Å²) in [6, 6.07) is 3.62. The van der Waals surface area contributed by atoms with E-state index in [0.29, 0.717) is 29.4 Å². The molecule has 1 amide bonds. The van der Waals surface area contributed by atoms with Crippen LogP contribution in [0.5, 0.6) is 0 Å². The molecule has 6 heteroatoms. The lowest BCUT2D eigenvalue weighted by molar-refractivity contribution is 0.0949. The fraction of sp³-hybridized carbons (Fsp3) is 0.353. The Kier molecular flexibility index (Phi) is 3.37. The van der Waals surface area contributed by atoms with Crippen LogP contribution in [0.25, 0.3) is 5.65 Å². The molecule has 0 bridgehead atoms. The Morgan fingerprint density at radius 3 is 3.22 bits per heavy atom. The smallest absolute Gasteiger partial charge is 0.257 e. The second-order valence-electron chi connectivity index (χ2n) is 6.13. The number of rotatable bonds is 3. The second kappa shape index (κ2) is 5.53. The lowest BCUT2D eigenvalue weighted by Gasteiger charge is -2.21. The predicted octanol–water partition coefficient (Wildman–Crippen LogP) is 2.38. The average molecular weight is 310 g/mol. The van der Waals surface area contributed by atoms with Gasteiger partial charge in [-0.2, -0.15) is 5.10 Å². The third-order valence-corrected chi connectivity index (χ3v) is 4.40. The molecule has 0 saturated carbocycles. The van der Waals surface area contributed by atoms with E-state index in [4.69, 9.17) is 4.42 Å². The molecule has 1 N–H and O–H groups in total. The van der Waals surface area contributed by atoms with Crippen molar-refractivity contribution in [3.63, 3.8) is 0 Å². The number of hydrogen-bond donors (Lipinski definition) is 1. The van der Waals surface area contributed by atoms with Gasteiger partial charge in [0.15, 0.2) is 5.65 Å². The fourth-order valence-electron chi connectivity index (χ4n) is 3.15. The highest BCUT2D eigenvalue weighted by molar-refractivity contribution is 5.99. The fourth-order valence-corrected chi connectivity index (χ4v) is 3.15. The number of nitrogens with zero attached hydrogens (tertiary/aromatic N) is 3. The van der Waals surface area contributed by atoms with E-state index in [9.17, 15) is 4.79 Å². The zero-order valence-electron chi connectivity index (χ0n) is 13.0. The SMILES string of the molecule is CC1CCc2c(cnc3c(C(=O)NCc4ccco4)cnn23)C1. The normalized spacial score (nSPS) is 17.2. The van der Waals surface area contributed by atoms with Crippen LogP contribution in [0.15, 0.2) is 35.2 Å². The van der Waals surface area contributed by atoms with Crippen molar-refractivity contribution in [1.29, 1.82) is 0 Å². The van der Waals surface area contributed by atoms with Gasteiger partial charge in [-0.05, 0) is 42.9 Å². The average Bonchev–Trinajstić information content (AvgIpc) is 3.21. The third-order valence-electron chi connectivity index (χ3n) is 4.40. The molecule has 1 aliphatic carbocycles. The first-order valence-corrected chi connectivity index (χ1v) is 7.87. The molecule has 0 saturated heterocycles. The summed E-state index contributed by atoms with van der Waals surface area (Å²) in [6.07, 6.45) is 8.23. The minimum absolute atomic E-state index is 0.187. The summed E-state index contributed by atoms with van der Waals surface area (Å²) in [5, 5.41) is 7.23. The zero-order chi connectivity index (χ0) is 15.8. The van der Waals surface area contributed by atoms with Gasteiger partial charge in [-0.3, -0.25) is 4.79 Å². The molecule has 0 radical (unpaired) electrons. The topological polar surface area (TPSA) is 72.4 Å². The van der Waals surface area contributed by atoms with E-state index in [1.807, 2.05) is 16.8 Å². The van der Waals surface area contributed by atoms with Crippen molar-refractivity contribution in [3.8, 4) is 0 Å². The van der Waals surface area contributed by atoms with Crippen molar-refractivity contribution in [3.05, 3.63) is 53.4 Å². The maximum atomic E-state index is 12.4. The molecule has 1 atom stereocenters. The molecule has 1 unspecified atom stereocenters. The molecule has 0 aliphatic heterocycles. The minimum Gasteiger partial charge on any atom is -0.467 e. The van der Waals surface area contributed by atoms with Gasteiger partial charge in [0.05, 0.1) is 19.0 Å². The van der Waals surface area contributed by atoms with Crippen LogP contribution in [0.1, 0.15) is 40.7 Å². The summed E-state index contributed by atoms with van der Waals surface area (Å²) in [4.78, 5) is 16.9. The number of aryl methyl sites for hydroxylation is 1. The molecule has 3 aromatic rings. The summed E-state index contributed by atoms with van der Waals surface area (Å²) < 4.78 is 7.04. The quantitative estimate of drug-likeness (QED) is 0.806. The van der Waals surface area contributed by atoms with Crippen molar-refractivity contribution in [2.24, 2.45) is 5.92 Å². The predicted molar refractivity (Wildman–Crippen MR) is 84.1 cm³/mol. The van der Waals surface area contributed by atoms with Gasteiger partial charge in [0.25, 0.3) is 5.91 Å². The molecule has 4 rings (SSSR count). The van der Waals surface area contributed by atoms with Gasteiger partial charge in [-0.25, -0.2) is 9.50 Å². The Morgan fingerprint density at radius 2 is 2.39 bits per heavy atom. The van der Waals surface area contributed by atoms with Crippen molar-refractivity contribution >= 4 is 11.6 Å². The highest BCUT2D eigenvalue weighted by Crippen LogP contribution is 2.25. The Morgan fingerprint density at radius 1 is 1.48 bits per heavy atom. The number of nitrogens with one attached hydrogen (secondary N) is 1. The van der Waals surface area contributed by atoms with E-state index < -0.39 is 0 Å². The van der Waals surface area contributed by atoms with Gasteiger partial charge in [0.2, 0.25) is 0 Å². The molecule has 0 fully saturated rings. The van der Waals surface area contributed by atoms with Crippen molar-refractivity contribution in [2.75, 3.05) is 0 Å². The van der Waals surface area contributed by atoms with Gasteiger partial charge >= 0.3 is 0 Å². The van der Waals surface area contributed by atoms with E-state index in [-0.39, 0.29) is 5.91 Å². The highest BCUT2D eigenvalue weighted by atomic mass is 16.3. The van der Waals surface area contributed by atoms with Gasteiger partial charge in [0, 0.05) is 11.9 Å². The third kappa shape index (κ3) is 2.50. The number of furan rings is 1. The van der Waals surface area contributed by atoms with Gasteiger partial charge < -0.3 is 9.73 Å². The molecule has 0 spiro atoms. The lowest BCUT2D eigenvalue weighted by Crippen LogP contribution is -2.23. The number of amides is 1. The number of fused-ring (bicyclic) bond motifs is 3. The first-order chi connectivity index (χ1) is 11.2. The molecule has 1 aliphatic rings. The standard InChI is InChI=1S/C17H18N4O2/c1-11-4-5-15-12(7-11)8-18-16-14(10-20-21(15)16)17(22)19-9-13-3-2-6-23-13/h2-3,6,8,10-11H,4-5,7,9H2,1H3,(H,19,22). The summed E-state index contributed by atoms with van der Waals surface area (Å²) in [5.41, 5.74) is 3.54. The molecule has 23 heavy (non-hydrogen) atoms. The largest absolute Gasteiger partial charge is 0.467 e. The van der Waals surface area contributed by atoms with Crippen LogP contribution < -0.4 is 5.32 Å². The summed E-state index contributed by atoms with van der Waals surface area (Å²) in [7, 11) is 0. The summed E-state index contributed by atoms with van der Waals surface area (Å²) >= 11 is 0. The Labute approximate surface area is 133 Å². The first kappa shape index (κ1) is 14.0. The van der Waals surface area contributed by atoms with Crippen LogP contribution in [0.3, 0.4) is 0 Å². The lowest BCUT2D eigenvalue weighted by atomic mass is 9.89. The monoisotopic (exact) mass is 310 g/mol. The van der Waals surface area contributed by atoms with Crippen molar-refractivity contribution in [2.45, 2.75) is 32.7 Å². The van der Waals surface area contributed by atoms with Crippen molar-refractivity contribution < 1.29 is 9.21 Å². The maximum Gasteiger partial charge on any atom is 0.257 e. The van der Waals surface area contributed by atoms with E-state index in [1.165, 1.54) is 11.3 Å². The van der Waals surface area contributed by atoms with Gasteiger partial charge in [-0.15, -0.1) is 0 Å². The number of hydrogen-bond acceptors (Lipinski definition) is 4. The molecule has 3 heterocycles. The molecule has 0 aromatic carbocycles. The first-order valence-electron chi connectivity index (χ1n) is 7.87. The van der Waals surface area contributed by atoms with Crippen molar-refractivity contribution in [1.82, 2.24) is 19.9 Å². The second-order valence-corrected chi connectivity index (χ2v) is 6.13. The van der Waals surface area contributed by atoms with Gasteiger partial charge in [-0.1, -0.05) is 6.92 Å². The number of aromatic nitrogens is 3. The Bertz CT molecular complexity index is 851.